The Kier molecular flexibility index (Phi) is 4.05. The number of carboxylic acids is 1. The van der Waals surface area contributed by atoms with Crippen molar-refractivity contribution in [2.75, 3.05) is 29.4 Å². The molecule has 3 rings (SSSR count). The van der Waals surface area contributed by atoms with Crippen molar-refractivity contribution in [3.05, 3.63) is 24.3 Å². The van der Waals surface area contributed by atoms with Crippen molar-refractivity contribution < 1.29 is 14.7 Å². The van der Waals surface area contributed by atoms with Crippen molar-refractivity contribution in [3.63, 3.8) is 0 Å². The van der Waals surface area contributed by atoms with Gasteiger partial charge < -0.3 is 14.9 Å². The summed E-state index contributed by atoms with van der Waals surface area (Å²) in [6, 6.07) is 7.92. The number of piperidine rings is 1. The van der Waals surface area contributed by atoms with Gasteiger partial charge in [0.2, 0.25) is 5.91 Å². The van der Waals surface area contributed by atoms with Crippen molar-refractivity contribution in [1.29, 1.82) is 0 Å². The van der Waals surface area contributed by atoms with Gasteiger partial charge in [-0.3, -0.25) is 9.59 Å². The molecule has 0 radical (unpaired) electrons. The van der Waals surface area contributed by atoms with Crippen LogP contribution in [0.1, 0.15) is 26.2 Å². The molecule has 2 heterocycles. The molecule has 0 unspecified atom stereocenters. The normalized spacial score (nSPS) is 23.1. The zero-order valence-electron chi connectivity index (χ0n) is 12.9. The maximum absolute atomic E-state index is 12.0. The fraction of sp³-hybridized carbons (Fsp3) is 0.529. The van der Waals surface area contributed by atoms with Crippen LogP contribution in [-0.2, 0) is 9.59 Å². The van der Waals surface area contributed by atoms with Crippen LogP contribution in [0.25, 0.3) is 0 Å². The quantitative estimate of drug-likeness (QED) is 0.931. The summed E-state index contributed by atoms with van der Waals surface area (Å²) < 4.78 is 0. The maximum atomic E-state index is 12.0. The van der Waals surface area contributed by atoms with Gasteiger partial charge in [-0.15, -0.1) is 0 Å². The number of aliphatic carboxylic acids is 1. The van der Waals surface area contributed by atoms with E-state index in [-0.39, 0.29) is 18.9 Å². The number of benzene rings is 1. The molecule has 5 heteroatoms. The summed E-state index contributed by atoms with van der Waals surface area (Å²) in [5, 5.41) is 9.05. The second-order valence-electron chi connectivity index (χ2n) is 6.43. The highest BCUT2D eigenvalue weighted by molar-refractivity contribution is 5.99. The Morgan fingerprint density at radius 3 is 2.27 bits per heavy atom. The van der Waals surface area contributed by atoms with Crippen molar-refractivity contribution in [3.8, 4) is 0 Å². The Bertz CT molecular complexity index is 562. The number of carbonyl (C=O) groups excluding carboxylic acids is 1. The van der Waals surface area contributed by atoms with E-state index < -0.39 is 11.9 Å². The molecule has 2 fully saturated rings. The summed E-state index contributed by atoms with van der Waals surface area (Å²) in [7, 11) is 0. The third kappa shape index (κ3) is 2.93. The van der Waals surface area contributed by atoms with Crippen molar-refractivity contribution >= 4 is 23.3 Å². The van der Waals surface area contributed by atoms with E-state index in [1.807, 2.05) is 24.3 Å². The molecular weight excluding hydrogens is 280 g/mol. The van der Waals surface area contributed by atoms with E-state index in [1.54, 1.807) is 4.90 Å². The Labute approximate surface area is 130 Å². The third-order valence-electron chi connectivity index (χ3n) is 4.78. The molecule has 1 amide bonds. The van der Waals surface area contributed by atoms with Gasteiger partial charge in [-0.2, -0.15) is 0 Å². The fourth-order valence-electron chi connectivity index (χ4n) is 3.23. The second kappa shape index (κ2) is 5.99. The highest BCUT2D eigenvalue weighted by atomic mass is 16.4. The molecule has 5 nitrogen and oxygen atoms in total. The molecule has 1 aromatic carbocycles. The lowest BCUT2D eigenvalue weighted by Gasteiger charge is -2.32. The topological polar surface area (TPSA) is 60.9 Å². The van der Waals surface area contributed by atoms with Crippen molar-refractivity contribution in [2.45, 2.75) is 26.2 Å². The first-order valence-corrected chi connectivity index (χ1v) is 7.93. The van der Waals surface area contributed by atoms with Crippen LogP contribution in [0.2, 0.25) is 0 Å². The summed E-state index contributed by atoms with van der Waals surface area (Å²) in [6.45, 7) is 4.71. The van der Waals surface area contributed by atoms with Gasteiger partial charge in [-0.25, -0.2) is 0 Å². The molecule has 1 aromatic rings. The zero-order chi connectivity index (χ0) is 15.7. The Morgan fingerprint density at radius 1 is 1.14 bits per heavy atom. The summed E-state index contributed by atoms with van der Waals surface area (Å²) >= 11 is 0. The smallest absolute Gasteiger partial charge is 0.308 e. The summed E-state index contributed by atoms with van der Waals surface area (Å²) in [4.78, 5) is 26.9. The van der Waals surface area contributed by atoms with E-state index in [0.717, 1.165) is 24.7 Å². The van der Waals surface area contributed by atoms with Gasteiger partial charge in [-0.05, 0) is 43.0 Å². The first-order chi connectivity index (χ1) is 10.5. The minimum Gasteiger partial charge on any atom is -0.481 e. The second-order valence-corrected chi connectivity index (χ2v) is 6.43. The third-order valence-corrected chi connectivity index (χ3v) is 4.78. The molecule has 0 saturated carbocycles. The minimum atomic E-state index is -0.894. The van der Waals surface area contributed by atoms with E-state index in [4.69, 9.17) is 5.11 Å². The Balaban J connectivity index is 1.69. The van der Waals surface area contributed by atoms with Gasteiger partial charge in [0, 0.05) is 37.4 Å². The number of anilines is 2. The van der Waals surface area contributed by atoms with E-state index in [2.05, 4.69) is 11.8 Å². The fourth-order valence-corrected chi connectivity index (χ4v) is 3.23. The van der Waals surface area contributed by atoms with Crippen LogP contribution in [0.4, 0.5) is 11.4 Å². The average Bonchev–Trinajstić information content (AvgIpc) is 2.91. The van der Waals surface area contributed by atoms with E-state index in [9.17, 15) is 9.59 Å². The number of hydrogen-bond donors (Lipinski definition) is 1. The molecular formula is C17H22N2O3. The number of hydrogen-bond acceptors (Lipinski definition) is 3. The predicted octanol–water partition coefficient (Wildman–Crippen LogP) is 2.36. The van der Waals surface area contributed by atoms with Gasteiger partial charge in [0.1, 0.15) is 0 Å². The van der Waals surface area contributed by atoms with Gasteiger partial charge in [0.05, 0.1) is 5.92 Å². The molecule has 22 heavy (non-hydrogen) atoms. The standard InChI is InChI=1S/C17H22N2O3/c1-12-6-8-18(9-7-12)14-2-4-15(5-3-14)19-11-13(17(21)22)10-16(19)20/h2-5,12-13H,6-11H2,1H3,(H,21,22)/t13-/m0/s1. The average molecular weight is 302 g/mol. The molecule has 0 aromatic heterocycles. The van der Waals surface area contributed by atoms with Crippen LogP contribution < -0.4 is 9.80 Å². The van der Waals surface area contributed by atoms with Crippen LogP contribution in [-0.4, -0.2) is 36.6 Å². The lowest BCUT2D eigenvalue weighted by molar-refractivity contribution is -0.141. The van der Waals surface area contributed by atoms with Crippen LogP contribution in [0, 0.1) is 11.8 Å². The lowest BCUT2D eigenvalue weighted by Crippen LogP contribution is -2.32. The molecule has 118 valence electrons. The zero-order valence-corrected chi connectivity index (χ0v) is 12.9. The molecule has 1 N–H and O–H groups in total. The molecule has 0 bridgehead atoms. The SMILES string of the molecule is CC1CCN(c2ccc(N3C[C@@H](C(=O)O)CC3=O)cc2)CC1. The van der Waals surface area contributed by atoms with Crippen molar-refractivity contribution in [2.24, 2.45) is 11.8 Å². The largest absolute Gasteiger partial charge is 0.481 e. The first kappa shape index (κ1) is 14.9. The van der Waals surface area contributed by atoms with E-state index in [0.29, 0.717) is 0 Å². The molecule has 0 aliphatic carbocycles. The van der Waals surface area contributed by atoms with E-state index >= 15 is 0 Å². The number of amides is 1. The minimum absolute atomic E-state index is 0.0983. The van der Waals surface area contributed by atoms with Gasteiger partial charge in [0.15, 0.2) is 0 Å². The summed E-state index contributed by atoms with van der Waals surface area (Å²) in [5.41, 5.74) is 1.97. The van der Waals surface area contributed by atoms with Gasteiger partial charge >= 0.3 is 5.97 Å². The molecule has 2 saturated heterocycles. The molecule has 1 atom stereocenters. The van der Waals surface area contributed by atoms with Crippen molar-refractivity contribution in [1.82, 2.24) is 0 Å². The lowest BCUT2D eigenvalue weighted by atomic mass is 9.99. The number of rotatable bonds is 3. The first-order valence-electron chi connectivity index (χ1n) is 7.93. The Morgan fingerprint density at radius 2 is 1.73 bits per heavy atom. The molecule has 0 spiro atoms. The highest BCUT2D eigenvalue weighted by Gasteiger charge is 2.35. The number of carbonyl (C=O) groups is 2. The van der Waals surface area contributed by atoms with Crippen LogP contribution in [0.3, 0.4) is 0 Å². The molecule has 2 aliphatic rings. The highest BCUT2D eigenvalue weighted by Crippen LogP contribution is 2.29. The number of carboxylic acid groups (broad SMARTS) is 1. The Hall–Kier alpha value is -2.04. The van der Waals surface area contributed by atoms with Gasteiger partial charge in [0.25, 0.3) is 0 Å². The van der Waals surface area contributed by atoms with Crippen LogP contribution in [0.5, 0.6) is 0 Å². The van der Waals surface area contributed by atoms with Gasteiger partial charge in [-0.1, -0.05) is 6.92 Å². The van der Waals surface area contributed by atoms with Crippen LogP contribution in [0.15, 0.2) is 24.3 Å². The van der Waals surface area contributed by atoms with Crippen LogP contribution >= 0.6 is 0 Å². The summed E-state index contributed by atoms with van der Waals surface area (Å²) in [6.07, 6.45) is 2.53. The molecule has 2 aliphatic heterocycles. The predicted molar refractivity (Wildman–Crippen MR) is 85.1 cm³/mol. The maximum Gasteiger partial charge on any atom is 0.308 e. The summed E-state index contributed by atoms with van der Waals surface area (Å²) in [5.74, 6) is -0.789. The monoisotopic (exact) mass is 302 g/mol. The van der Waals surface area contributed by atoms with E-state index in [1.165, 1.54) is 18.5 Å². The number of nitrogens with zero attached hydrogens (tertiary/aromatic N) is 2.